The van der Waals surface area contributed by atoms with E-state index in [2.05, 4.69) is 27.2 Å². The summed E-state index contributed by atoms with van der Waals surface area (Å²) in [5, 5.41) is 2.96. The van der Waals surface area contributed by atoms with Crippen LogP contribution in [0.25, 0.3) is 0 Å². The number of hydrogen-bond donors (Lipinski definition) is 1. The summed E-state index contributed by atoms with van der Waals surface area (Å²) in [5.41, 5.74) is 0.668. The highest BCUT2D eigenvalue weighted by molar-refractivity contribution is 9.10. The number of carbonyl (C=O) groups is 1. The average Bonchev–Trinajstić information content (AvgIpc) is 2.48. The summed E-state index contributed by atoms with van der Waals surface area (Å²) in [7, 11) is 3.08. The van der Waals surface area contributed by atoms with Gasteiger partial charge in [-0.25, -0.2) is 4.79 Å². The third-order valence-corrected chi connectivity index (χ3v) is 3.43. The normalized spacial score (nSPS) is 11.4. The lowest BCUT2D eigenvalue weighted by Gasteiger charge is -2.19. The number of halogens is 1. The first-order valence-electron chi connectivity index (χ1n) is 6.33. The number of benzene rings is 1. The van der Waals surface area contributed by atoms with Crippen LogP contribution >= 0.6 is 15.9 Å². The van der Waals surface area contributed by atoms with Crippen LogP contribution in [0.15, 0.2) is 16.6 Å². The summed E-state index contributed by atoms with van der Waals surface area (Å²) in [4.78, 5) is 12.1. The summed E-state index contributed by atoms with van der Waals surface area (Å²) < 4.78 is 16.3. The van der Waals surface area contributed by atoms with Crippen molar-refractivity contribution in [2.75, 3.05) is 27.4 Å². The molecule has 0 fully saturated rings. The number of terminal acetylenes is 1. The summed E-state index contributed by atoms with van der Waals surface area (Å²) in [6.07, 6.45) is 5.25. The fourth-order valence-electron chi connectivity index (χ4n) is 1.80. The maximum Gasteiger partial charge on any atom is 0.327 e. The number of hydrogen-bond acceptors (Lipinski definition) is 5. The van der Waals surface area contributed by atoms with E-state index in [9.17, 15) is 4.79 Å². The molecule has 0 aliphatic heterocycles. The Kier molecular flexibility index (Phi) is 7.06. The van der Waals surface area contributed by atoms with E-state index in [1.807, 2.05) is 0 Å². The zero-order valence-electron chi connectivity index (χ0n) is 12.2. The van der Waals surface area contributed by atoms with Crippen molar-refractivity contribution in [1.29, 1.82) is 0 Å². The van der Waals surface area contributed by atoms with Crippen LogP contribution in [0.3, 0.4) is 0 Å². The smallest absolute Gasteiger partial charge is 0.327 e. The minimum atomic E-state index is -0.685. The third kappa shape index (κ3) is 4.38. The Labute approximate surface area is 133 Å². The second-order valence-corrected chi connectivity index (χ2v) is 4.85. The van der Waals surface area contributed by atoms with E-state index in [0.29, 0.717) is 21.5 Å². The van der Waals surface area contributed by atoms with E-state index in [1.165, 1.54) is 7.11 Å². The number of carbonyl (C=O) groups excluding carboxylic acids is 1. The van der Waals surface area contributed by atoms with Crippen LogP contribution in [-0.2, 0) is 9.53 Å². The van der Waals surface area contributed by atoms with Gasteiger partial charge >= 0.3 is 5.97 Å². The molecule has 21 heavy (non-hydrogen) atoms. The van der Waals surface area contributed by atoms with Gasteiger partial charge in [-0.15, -0.1) is 6.42 Å². The third-order valence-electron chi connectivity index (χ3n) is 2.74. The van der Waals surface area contributed by atoms with E-state index in [0.717, 1.165) is 0 Å². The van der Waals surface area contributed by atoms with Crippen LogP contribution < -0.4 is 14.8 Å². The molecule has 114 valence electrons. The van der Waals surface area contributed by atoms with Crippen molar-refractivity contribution >= 4 is 21.9 Å². The minimum Gasteiger partial charge on any atom is -0.493 e. The lowest BCUT2D eigenvalue weighted by molar-refractivity contribution is -0.145. The van der Waals surface area contributed by atoms with Crippen molar-refractivity contribution in [3.63, 3.8) is 0 Å². The number of methoxy groups -OCH3 is 2. The molecule has 0 radical (unpaired) electrons. The molecule has 0 aliphatic carbocycles. The van der Waals surface area contributed by atoms with Gasteiger partial charge in [0.1, 0.15) is 6.04 Å². The molecular weight excluding hydrogens is 338 g/mol. The largest absolute Gasteiger partial charge is 0.493 e. The molecule has 1 atom stereocenters. The molecule has 0 bridgehead atoms. The van der Waals surface area contributed by atoms with Crippen molar-refractivity contribution in [1.82, 2.24) is 5.32 Å². The Morgan fingerprint density at radius 1 is 1.38 bits per heavy atom. The minimum absolute atomic E-state index is 0.240. The lowest BCUT2D eigenvalue weighted by atomic mass is 10.1. The van der Waals surface area contributed by atoms with E-state index < -0.39 is 12.0 Å². The van der Waals surface area contributed by atoms with Crippen LogP contribution in [0.2, 0.25) is 0 Å². The first-order chi connectivity index (χ1) is 10.1. The monoisotopic (exact) mass is 355 g/mol. The maximum absolute atomic E-state index is 12.1. The molecule has 5 nitrogen and oxygen atoms in total. The number of ether oxygens (including phenoxy) is 3. The number of nitrogens with one attached hydrogen (secondary N) is 1. The zero-order chi connectivity index (χ0) is 15.8. The molecule has 1 aromatic rings. The van der Waals surface area contributed by atoms with Crippen molar-refractivity contribution < 1.29 is 19.0 Å². The second-order valence-electron chi connectivity index (χ2n) is 4.00. The SMILES string of the molecule is C#CCNC(C(=O)OCC)c1cc(OC)c(OC)cc1Br. The molecule has 1 unspecified atom stereocenters. The van der Waals surface area contributed by atoms with E-state index >= 15 is 0 Å². The molecule has 6 heteroatoms. The van der Waals surface area contributed by atoms with Gasteiger partial charge in [-0.05, 0) is 24.6 Å². The molecular formula is C15H18BrNO4. The molecule has 0 saturated heterocycles. The van der Waals surface area contributed by atoms with Crippen LogP contribution in [0, 0.1) is 12.3 Å². The van der Waals surface area contributed by atoms with Crippen LogP contribution in [0.1, 0.15) is 18.5 Å². The van der Waals surface area contributed by atoms with Crippen molar-refractivity contribution in [2.24, 2.45) is 0 Å². The lowest BCUT2D eigenvalue weighted by Crippen LogP contribution is -2.31. The van der Waals surface area contributed by atoms with Crippen LogP contribution in [0.5, 0.6) is 11.5 Å². The summed E-state index contributed by atoms with van der Waals surface area (Å²) in [6, 6.07) is 2.77. The van der Waals surface area contributed by atoms with Gasteiger partial charge in [0.2, 0.25) is 0 Å². The molecule has 0 heterocycles. The van der Waals surface area contributed by atoms with E-state index in [-0.39, 0.29) is 13.2 Å². The van der Waals surface area contributed by atoms with E-state index in [4.69, 9.17) is 20.6 Å². The number of rotatable bonds is 7. The van der Waals surface area contributed by atoms with Crippen LogP contribution in [0.4, 0.5) is 0 Å². The summed E-state index contributed by atoms with van der Waals surface area (Å²) in [5.74, 6) is 3.13. The van der Waals surface area contributed by atoms with Gasteiger partial charge in [0.05, 0.1) is 27.4 Å². The Balaban J connectivity index is 3.23. The molecule has 0 amide bonds. The van der Waals surface area contributed by atoms with E-state index in [1.54, 1.807) is 26.2 Å². The predicted octanol–water partition coefficient (Wildman–Crippen LogP) is 2.29. The Morgan fingerprint density at radius 3 is 2.52 bits per heavy atom. The fraction of sp³-hybridized carbons (Fsp3) is 0.400. The summed E-state index contributed by atoms with van der Waals surface area (Å²) in [6.45, 7) is 2.28. The second kappa shape index (κ2) is 8.55. The van der Waals surface area contributed by atoms with Gasteiger partial charge in [0.15, 0.2) is 11.5 Å². The molecule has 0 aromatic heterocycles. The predicted molar refractivity (Wildman–Crippen MR) is 83.5 cm³/mol. The topological polar surface area (TPSA) is 56.8 Å². The van der Waals surface area contributed by atoms with Gasteiger partial charge in [-0.2, -0.15) is 0 Å². The first-order valence-corrected chi connectivity index (χ1v) is 7.13. The van der Waals surface area contributed by atoms with Crippen molar-refractivity contribution in [3.8, 4) is 23.8 Å². The maximum atomic E-state index is 12.1. The highest BCUT2D eigenvalue weighted by atomic mass is 79.9. The van der Waals surface area contributed by atoms with Gasteiger partial charge < -0.3 is 14.2 Å². The molecule has 1 rings (SSSR count). The van der Waals surface area contributed by atoms with Crippen molar-refractivity contribution in [2.45, 2.75) is 13.0 Å². The number of esters is 1. The van der Waals surface area contributed by atoms with Crippen molar-refractivity contribution in [3.05, 3.63) is 22.2 Å². The Bertz CT molecular complexity index is 539. The molecule has 0 aliphatic rings. The fourth-order valence-corrected chi connectivity index (χ4v) is 2.35. The standard InChI is InChI=1S/C15H18BrNO4/c1-5-7-17-14(15(18)21-6-2)10-8-12(19-3)13(20-4)9-11(10)16/h1,8-9,14,17H,6-7H2,2-4H3. The average molecular weight is 356 g/mol. The highest BCUT2D eigenvalue weighted by Gasteiger charge is 2.25. The zero-order valence-corrected chi connectivity index (χ0v) is 13.8. The molecule has 1 N–H and O–H groups in total. The van der Waals surface area contributed by atoms with Gasteiger partial charge in [-0.3, -0.25) is 5.32 Å². The Hall–Kier alpha value is -1.71. The van der Waals surface area contributed by atoms with Gasteiger partial charge in [0.25, 0.3) is 0 Å². The molecule has 0 saturated carbocycles. The molecule has 0 spiro atoms. The van der Waals surface area contributed by atoms with Gasteiger partial charge in [0, 0.05) is 4.47 Å². The summed E-state index contributed by atoms with van der Waals surface area (Å²) >= 11 is 3.43. The van der Waals surface area contributed by atoms with Gasteiger partial charge in [-0.1, -0.05) is 21.9 Å². The first kappa shape index (κ1) is 17.3. The van der Waals surface area contributed by atoms with Crippen LogP contribution in [-0.4, -0.2) is 33.3 Å². The quantitative estimate of drug-likeness (QED) is 0.600. The highest BCUT2D eigenvalue weighted by Crippen LogP contribution is 2.36. The molecule has 1 aromatic carbocycles. The Morgan fingerprint density at radius 2 is 2.00 bits per heavy atom.